The van der Waals surface area contributed by atoms with Crippen molar-refractivity contribution in [1.29, 1.82) is 0 Å². The van der Waals surface area contributed by atoms with E-state index in [1.54, 1.807) is 0 Å². The third kappa shape index (κ3) is 2.01. The monoisotopic (exact) mass is 169 g/mol. The second kappa shape index (κ2) is 4.27. The van der Waals surface area contributed by atoms with Crippen molar-refractivity contribution in [2.24, 2.45) is 5.92 Å². The molecule has 1 aliphatic heterocycles. The molecule has 1 saturated heterocycles. The zero-order chi connectivity index (χ0) is 9.03. The van der Waals surface area contributed by atoms with Crippen molar-refractivity contribution in [2.75, 3.05) is 6.54 Å². The van der Waals surface area contributed by atoms with Crippen LogP contribution in [0.2, 0.25) is 0 Å². The van der Waals surface area contributed by atoms with Gasteiger partial charge in [0, 0.05) is 5.54 Å². The Hall–Kier alpha value is -0.0400. The van der Waals surface area contributed by atoms with Crippen LogP contribution < -0.4 is 5.32 Å². The normalized spacial score (nSPS) is 39.8. The molecule has 0 aromatic rings. The molecule has 2 rings (SSSR count). The van der Waals surface area contributed by atoms with Crippen LogP contribution in [0, 0.1) is 5.92 Å². The van der Waals surface area contributed by atoms with E-state index in [1.807, 2.05) is 13.8 Å². The van der Waals surface area contributed by atoms with E-state index in [4.69, 9.17) is 0 Å². The van der Waals surface area contributed by atoms with Gasteiger partial charge in [0.05, 0.1) is 0 Å². The van der Waals surface area contributed by atoms with Gasteiger partial charge in [0.1, 0.15) is 0 Å². The maximum absolute atomic E-state index is 3.59. The summed E-state index contributed by atoms with van der Waals surface area (Å²) >= 11 is 0. The first-order valence-electron chi connectivity index (χ1n) is 5.56. The largest absolute Gasteiger partial charge is 0.311 e. The van der Waals surface area contributed by atoms with Gasteiger partial charge in [0.15, 0.2) is 0 Å². The van der Waals surface area contributed by atoms with Gasteiger partial charge in [-0.15, -0.1) is 0 Å². The molecule has 0 bridgehead atoms. The van der Waals surface area contributed by atoms with Gasteiger partial charge < -0.3 is 5.32 Å². The van der Waals surface area contributed by atoms with E-state index in [2.05, 4.69) is 12.2 Å². The highest BCUT2D eigenvalue weighted by atomic mass is 15.0. The quantitative estimate of drug-likeness (QED) is 0.588. The smallest absolute Gasteiger partial charge is 0.0196 e. The molecule has 0 aromatic heterocycles. The summed E-state index contributed by atoms with van der Waals surface area (Å²) < 4.78 is 0. The summed E-state index contributed by atoms with van der Waals surface area (Å²) in [5.74, 6) is 0.974. The molecule has 1 spiro atoms. The van der Waals surface area contributed by atoms with Crippen LogP contribution in [-0.2, 0) is 0 Å². The lowest BCUT2D eigenvalue weighted by Gasteiger charge is -2.48. The summed E-state index contributed by atoms with van der Waals surface area (Å²) in [6.45, 7) is 7.66. The van der Waals surface area contributed by atoms with Crippen LogP contribution in [0.5, 0.6) is 0 Å². The highest BCUT2D eigenvalue weighted by Crippen LogP contribution is 2.38. The molecule has 2 unspecified atom stereocenters. The molecule has 1 aliphatic carbocycles. The Morgan fingerprint density at radius 3 is 2.25 bits per heavy atom. The van der Waals surface area contributed by atoms with E-state index in [9.17, 15) is 0 Å². The Balaban J connectivity index is 0.000000336. The maximum atomic E-state index is 3.59. The highest BCUT2D eigenvalue weighted by Gasteiger charge is 2.39. The standard InChI is InChI=1S/C9H17N.C2H6/c1-8-3-2-4-9(7-8)5-6-10-9;1-2/h8,10H,2-7H2,1H3;1-2H3. The molecule has 0 amide bonds. The molecule has 2 aliphatic rings. The Labute approximate surface area is 76.9 Å². The molecule has 2 fully saturated rings. The first kappa shape index (κ1) is 10.0. The average molecular weight is 169 g/mol. The first-order valence-corrected chi connectivity index (χ1v) is 5.56. The zero-order valence-electron chi connectivity index (χ0n) is 8.82. The molecule has 0 aromatic carbocycles. The summed E-state index contributed by atoms with van der Waals surface area (Å²) in [5, 5.41) is 3.59. The molecule has 1 heteroatoms. The van der Waals surface area contributed by atoms with E-state index >= 15 is 0 Å². The fraction of sp³-hybridized carbons (Fsp3) is 1.00. The van der Waals surface area contributed by atoms with Crippen molar-refractivity contribution in [1.82, 2.24) is 5.32 Å². The molecule has 12 heavy (non-hydrogen) atoms. The number of hydrogen-bond acceptors (Lipinski definition) is 1. The predicted molar refractivity (Wildman–Crippen MR) is 54.3 cm³/mol. The van der Waals surface area contributed by atoms with E-state index < -0.39 is 0 Å². The van der Waals surface area contributed by atoms with Gasteiger partial charge in [-0.25, -0.2) is 0 Å². The van der Waals surface area contributed by atoms with E-state index in [-0.39, 0.29) is 0 Å². The van der Waals surface area contributed by atoms with E-state index in [0.29, 0.717) is 5.54 Å². The number of nitrogens with one attached hydrogen (secondary N) is 1. The van der Waals surface area contributed by atoms with Crippen LogP contribution in [0.1, 0.15) is 52.9 Å². The average Bonchev–Trinajstić information content (AvgIpc) is 2.06. The molecule has 0 radical (unpaired) electrons. The van der Waals surface area contributed by atoms with Crippen molar-refractivity contribution in [2.45, 2.75) is 58.4 Å². The molecular formula is C11H23N. The Morgan fingerprint density at radius 2 is 1.92 bits per heavy atom. The minimum absolute atomic E-state index is 0.623. The van der Waals surface area contributed by atoms with Crippen molar-refractivity contribution >= 4 is 0 Å². The van der Waals surface area contributed by atoms with Gasteiger partial charge in [0.25, 0.3) is 0 Å². The summed E-state index contributed by atoms with van der Waals surface area (Å²) in [6, 6.07) is 0. The van der Waals surface area contributed by atoms with E-state index in [1.165, 1.54) is 38.6 Å². The third-order valence-electron chi connectivity index (χ3n) is 3.20. The van der Waals surface area contributed by atoms with Crippen LogP contribution in [0.25, 0.3) is 0 Å². The summed E-state index contributed by atoms with van der Waals surface area (Å²) in [5.41, 5.74) is 0.623. The first-order chi connectivity index (χ1) is 5.81. The second-order valence-corrected chi connectivity index (χ2v) is 4.16. The summed E-state index contributed by atoms with van der Waals surface area (Å²) in [7, 11) is 0. The lowest BCUT2D eigenvalue weighted by molar-refractivity contribution is 0.114. The van der Waals surface area contributed by atoms with Crippen molar-refractivity contribution in [3.05, 3.63) is 0 Å². The number of rotatable bonds is 0. The SMILES string of the molecule is CC.CC1CCCC2(CCN2)C1. The van der Waals surface area contributed by atoms with Gasteiger partial charge in [-0.05, 0) is 31.7 Å². The molecule has 1 saturated carbocycles. The zero-order valence-corrected chi connectivity index (χ0v) is 8.82. The Morgan fingerprint density at radius 1 is 1.25 bits per heavy atom. The van der Waals surface area contributed by atoms with Gasteiger partial charge in [-0.1, -0.05) is 33.6 Å². The van der Waals surface area contributed by atoms with Gasteiger partial charge >= 0.3 is 0 Å². The molecule has 1 nitrogen and oxygen atoms in total. The highest BCUT2D eigenvalue weighted by molar-refractivity contribution is 4.99. The second-order valence-electron chi connectivity index (χ2n) is 4.16. The molecular weight excluding hydrogens is 146 g/mol. The summed E-state index contributed by atoms with van der Waals surface area (Å²) in [4.78, 5) is 0. The minimum atomic E-state index is 0.623. The minimum Gasteiger partial charge on any atom is -0.311 e. The van der Waals surface area contributed by atoms with Crippen molar-refractivity contribution < 1.29 is 0 Å². The number of hydrogen-bond donors (Lipinski definition) is 1. The van der Waals surface area contributed by atoms with Gasteiger partial charge in [-0.3, -0.25) is 0 Å². The Kier molecular flexibility index (Phi) is 3.57. The molecule has 72 valence electrons. The topological polar surface area (TPSA) is 12.0 Å². The summed E-state index contributed by atoms with van der Waals surface area (Å²) in [6.07, 6.45) is 7.24. The molecule has 2 atom stereocenters. The van der Waals surface area contributed by atoms with Crippen LogP contribution in [0.3, 0.4) is 0 Å². The van der Waals surface area contributed by atoms with Crippen LogP contribution in [0.15, 0.2) is 0 Å². The fourth-order valence-electron chi connectivity index (χ4n) is 2.53. The fourth-order valence-corrected chi connectivity index (χ4v) is 2.53. The predicted octanol–water partition coefficient (Wildman–Crippen LogP) is 2.95. The van der Waals surface area contributed by atoms with Gasteiger partial charge in [-0.2, -0.15) is 0 Å². The third-order valence-corrected chi connectivity index (χ3v) is 3.20. The van der Waals surface area contributed by atoms with E-state index in [0.717, 1.165) is 5.92 Å². The lowest BCUT2D eigenvalue weighted by atomic mass is 9.71. The van der Waals surface area contributed by atoms with Crippen molar-refractivity contribution in [3.8, 4) is 0 Å². The molecule has 1 N–H and O–H groups in total. The lowest BCUT2D eigenvalue weighted by Crippen LogP contribution is -2.58. The van der Waals surface area contributed by atoms with Crippen LogP contribution in [-0.4, -0.2) is 12.1 Å². The Bertz CT molecular complexity index is 127. The van der Waals surface area contributed by atoms with Crippen LogP contribution in [0.4, 0.5) is 0 Å². The van der Waals surface area contributed by atoms with Crippen molar-refractivity contribution in [3.63, 3.8) is 0 Å². The van der Waals surface area contributed by atoms with Gasteiger partial charge in [0.2, 0.25) is 0 Å². The molecule has 1 heterocycles. The van der Waals surface area contributed by atoms with Crippen LogP contribution >= 0.6 is 0 Å². The maximum Gasteiger partial charge on any atom is 0.0196 e.